The molecular weight excluding hydrogens is 355 g/mol. The number of nitrogens with zero attached hydrogens (tertiary/aromatic N) is 1. The molecule has 3 aromatic rings. The van der Waals surface area contributed by atoms with Crippen LogP contribution in [0.4, 0.5) is 0 Å². The molecule has 2 heterocycles. The number of aromatic amines is 1. The van der Waals surface area contributed by atoms with Gasteiger partial charge in [-0.05, 0) is 44.5 Å². The summed E-state index contributed by atoms with van der Waals surface area (Å²) in [6.45, 7) is 5.72. The van der Waals surface area contributed by atoms with Gasteiger partial charge in [0, 0.05) is 9.90 Å². The average Bonchev–Trinajstić information content (AvgIpc) is 2.77. The molecule has 1 N–H and O–H groups in total. The van der Waals surface area contributed by atoms with Crippen LogP contribution >= 0.6 is 34.5 Å². The standard InChI is InChI=1S/C16H14Cl2N2O2S/c1-7-9(3)23-16-13(7)15(21)19-14(20-16)8(2)22-12-5-4-10(17)6-11(12)18/h4-6,8H,1-3H3,(H,19,20,21)/t8-/m1/s1. The molecule has 0 unspecified atom stereocenters. The van der Waals surface area contributed by atoms with E-state index in [1.807, 2.05) is 20.8 Å². The van der Waals surface area contributed by atoms with Crippen molar-refractivity contribution in [2.75, 3.05) is 0 Å². The summed E-state index contributed by atoms with van der Waals surface area (Å²) in [7, 11) is 0. The Hall–Kier alpha value is -1.56. The summed E-state index contributed by atoms with van der Waals surface area (Å²) in [5, 5.41) is 1.59. The fourth-order valence-electron chi connectivity index (χ4n) is 2.28. The molecule has 0 aliphatic carbocycles. The van der Waals surface area contributed by atoms with Crippen molar-refractivity contribution in [3.05, 3.63) is 54.9 Å². The number of thiophene rings is 1. The van der Waals surface area contributed by atoms with Crippen molar-refractivity contribution in [1.29, 1.82) is 0 Å². The number of nitrogens with one attached hydrogen (secondary N) is 1. The molecule has 23 heavy (non-hydrogen) atoms. The second-order valence-corrected chi connectivity index (χ2v) is 7.30. The highest BCUT2D eigenvalue weighted by Gasteiger charge is 2.17. The molecule has 2 aromatic heterocycles. The van der Waals surface area contributed by atoms with E-state index in [2.05, 4.69) is 9.97 Å². The van der Waals surface area contributed by atoms with Crippen molar-refractivity contribution in [3.8, 4) is 5.75 Å². The summed E-state index contributed by atoms with van der Waals surface area (Å²) in [5.41, 5.74) is 0.823. The van der Waals surface area contributed by atoms with E-state index in [-0.39, 0.29) is 5.56 Å². The number of rotatable bonds is 3. The molecule has 4 nitrogen and oxygen atoms in total. The third-order valence-electron chi connectivity index (χ3n) is 3.64. The number of aromatic nitrogens is 2. The fraction of sp³-hybridized carbons (Fsp3) is 0.250. The Morgan fingerprint density at radius 3 is 2.74 bits per heavy atom. The van der Waals surface area contributed by atoms with Crippen LogP contribution in [-0.2, 0) is 0 Å². The van der Waals surface area contributed by atoms with Gasteiger partial charge in [0.15, 0.2) is 11.9 Å². The van der Waals surface area contributed by atoms with Gasteiger partial charge in [-0.2, -0.15) is 0 Å². The Bertz CT molecular complexity index is 949. The molecular formula is C16H14Cl2N2O2S. The lowest BCUT2D eigenvalue weighted by atomic mass is 10.2. The summed E-state index contributed by atoms with van der Waals surface area (Å²) >= 11 is 13.5. The van der Waals surface area contributed by atoms with Gasteiger partial charge in [0.05, 0.1) is 10.4 Å². The molecule has 1 atom stereocenters. The topological polar surface area (TPSA) is 55.0 Å². The van der Waals surface area contributed by atoms with Crippen LogP contribution in [0.5, 0.6) is 5.75 Å². The number of fused-ring (bicyclic) bond motifs is 1. The second-order valence-electron chi connectivity index (χ2n) is 5.25. The zero-order valence-electron chi connectivity index (χ0n) is 12.7. The Balaban J connectivity index is 1.98. The molecule has 0 saturated carbocycles. The third kappa shape index (κ3) is 3.09. The minimum Gasteiger partial charge on any atom is -0.481 e. The first-order chi connectivity index (χ1) is 10.9. The molecule has 0 amide bonds. The normalized spacial score (nSPS) is 12.6. The number of ether oxygens (including phenoxy) is 1. The van der Waals surface area contributed by atoms with Gasteiger partial charge in [0.2, 0.25) is 0 Å². The first-order valence-electron chi connectivity index (χ1n) is 6.98. The van der Waals surface area contributed by atoms with E-state index < -0.39 is 6.10 Å². The molecule has 7 heteroatoms. The van der Waals surface area contributed by atoms with Crippen molar-refractivity contribution >= 4 is 44.8 Å². The molecule has 0 fully saturated rings. The molecule has 3 rings (SSSR count). The number of H-pyrrole nitrogens is 1. The van der Waals surface area contributed by atoms with Gasteiger partial charge in [-0.15, -0.1) is 11.3 Å². The van der Waals surface area contributed by atoms with Crippen molar-refractivity contribution in [3.63, 3.8) is 0 Å². The lowest BCUT2D eigenvalue weighted by Crippen LogP contribution is -2.16. The van der Waals surface area contributed by atoms with Crippen molar-refractivity contribution in [2.24, 2.45) is 0 Å². The number of hydrogen-bond acceptors (Lipinski definition) is 4. The monoisotopic (exact) mass is 368 g/mol. The predicted molar refractivity (Wildman–Crippen MR) is 95.2 cm³/mol. The number of hydrogen-bond donors (Lipinski definition) is 1. The lowest BCUT2D eigenvalue weighted by Gasteiger charge is -2.15. The van der Waals surface area contributed by atoms with Gasteiger partial charge in [-0.25, -0.2) is 4.98 Å². The van der Waals surface area contributed by atoms with Crippen LogP contribution in [0.15, 0.2) is 23.0 Å². The Kier molecular flexibility index (Phi) is 4.36. The predicted octanol–water partition coefficient (Wildman–Crippen LogP) is 5.05. The van der Waals surface area contributed by atoms with E-state index in [0.717, 1.165) is 15.3 Å². The van der Waals surface area contributed by atoms with Crippen LogP contribution in [-0.4, -0.2) is 9.97 Å². The highest BCUT2D eigenvalue weighted by molar-refractivity contribution is 7.18. The van der Waals surface area contributed by atoms with E-state index in [4.69, 9.17) is 27.9 Å². The van der Waals surface area contributed by atoms with E-state index in [9.17, 15) is 4.79 Å². The van der Waals surface area contributed by atoms with Crippen LogP contribution < -0.4 is 10.3 Å². The van der Waals surface area contributed by atoms with E-state index in [1.165, 1.54) is 11.3 Å². The molecule has 0 spiro atoms. The van der Waals surface area contributed by atoms with Crippen LogP contribution in [0.1, 0.15) is 29.3 Å². The largest absolute Gasteiger partial charge is 0.481 e. The van der Waals surface area contributed by atoms with Crippen LogP contribution in [0.3, 0.4) is 0 Å². The lowest BCUT2D eigenvalue weighted by molar-refractivity contribution is 0.217. The quantitative estimate of drug-likeness (QED) is 0.703. The zero-order chi connectivity index (χ0) is 16.7. The third-order valence-corrected chi connectivity index (χ3v) is 5.27. The van der Waals surface area contributed by atoms with Gasteiger partial charge in [0.1, 0.15) is 10.6 Å². The van der Waals surface area contributed by atoms with Crippen LogP contribution in [0.2, 0.25) is 10.0 Å². The van der Waals surface area contributed by atoms with Crippen molar-refractivity contribution in [1.82, 2.24) is 9.97 Å². The number of aryl methyl sites for hydroxylation is 2. The van der Waals surface area contributed by atoms with Crippen molar-refractivity contribution in [2.45, 2.75) is 26.9 Å². The zero-order valence-corrected chi connectivity index (χ0v) is 15.1. The summed E-state index contributed by atoms with van der Waals surface area (Å²) < 4.78 is 5.81. The van der Waals surface area contributed by atoms with Crippen LogP contribution in [0.25, 0.3) is 10.2 Å². The molecule has 120 valence electrons. The minimum atomic E-state index is -0.450. The second kappa shape index (κ2) is 6.15. The van der Waals surface area contributed by atoms with Gasteiger partial charge >= 0.3 is 0 Å². The molecule has 1 aromatic carbocycles. The highest BCUT2D eigenvalue weighted by atomic mass is 35.5. The molecule has 0 aliphatic rings. The first-order valence-corrected chi connectivity index (χ1v) is 8.55. The maximum Gasteiger partial charge on any atom is 0.260 e. The maximum absolute atomic E-state index is 12.3. The highest BCUT2D eigenvalue weighted by Crippen LogP contribution is 2.31. The average molecular weight is 369 g/mol. The van der Waals surface area contributed by atoms with Gasteiger partial charge in [-0.1, -0.05) is 23.2 Å². The van der Waals surface area contributed by atoms with E-state index in [1.54, 1.807) is 18.2 Å². The van der Waals surface area contributed by atoms with E-state index in [0.29, 0.717) is 27.0 Å². The Morgan fingerprint density at radius 2 is 2.04 bits per heavy atom. The van der Waals surface area contributed by atoms with Gasteiger partial charge in [0.25, 0.3) is 5.56 Å². The Morgan fingerprint density at radius 1 is 1.30 bits per heavy atom. The summed E-state index contributed by atoms with van der Waals surface area (Å²) in [4.78, 5) is 21.5. The molecule has 0 radical (unpaired) electrons. The fourth-order valence-corrected chi connectivity index (χ4v) is 3.77. The SMILES string of the molecule is Cc1sc2nc([C@@H](C)Oc3ccc(Cl)cc3Cl)[nH]c(=O)c2c1C. The van der Waals surface area contributed by atoms with Gasteiger partial charge in [-0.3, -0.25) is 4.79 Å². The number of benzene rings is 1. The summed E-state index contributed by atoms with van der Waals surface area (Å²) in [6, 6.07) is 4.99. The molecule has 0 saturated heterocycles. The smallest absolute Gasteiger partial charge is 0.260 e. The van der Waals surface area contributed by atoms with Crippen molar-refractivity contribution < 1.29 is 4.74 Å². The van der Waals surface area contributed by atoms with Gasteiger partial charge < -0.3 is 9.72 Å². The van der Waals surface area contributed by atoms with Crippen LogP contribution in [0, 0.1) is 13.8 Å². The summed E-state index contributed by atoms with van der Waals surface area (Å²) in [6.07, 6.45) is -0.450. The number of halogens is 2. The molecule has 0 aliphatic heterocycles. The first kappa shape index (κ1) is 16.3. The summed E-state index contributed by atoms with van der Waals surface area (Å²) in [5.74, 6) is 0.958. The molecule has 0 bridgehead atoms. The van der Waals surface area contributed by atoms with E-state index >= 15 is 0 Å². The maximum atomic E-state index is 12.3. The minimum absolute atomic E-state index is 0.149. The Labute approximate surface area is 147 Å².